The number of carbonyl (C=O) groups is 1. The number of aromatic amines is 1. The summed E-state index contributed by atoms with van der Waals surface area (Å²) in [5, 5.41) is 10.9. The first-order valence-corrected chi connectivity index (χ1v) is 6.78. The molecule has 2 aromatic carbocycles. The van der Waals surface area contributed by atoms with Gasteiger partial charge >= 0.3 is 0 Å². The summed E-state index contributed by atoms with van der Waals surface area (Å²) < 4.78 is 0. The van der Waals surface area contributed by atoms with Crippen molar-refractivity contribution in [3.63, 3.8) is 0 Å². The highest BCUT2D eigenvalue weighted by atomic mass is 16.2. The Labute approximate surface area is 121 Å². The number of nitrogens with zero attached hydrogens (tertiary/aromatic N) is 1. The van der Waals surface area contributed by atoms with Gasteiger partial charge in [0, 0.05) is 22.2 Å². The predicted molar refractivity (Wildman–Crippen MR) is 83.8 cm³/mol. The number of rotatable bonds is 1. The number of nitrogens with one attached hydrogen (secondary N) is 2. The van der Waals surface area contributed by atoms with Crippen molar-refractivity contribution >= 4 is 34.1 Å². The van der Waals surface area contributed by atoms with Crippen LogP contribution >= 0.6 is 0 Å². The van der Waals surface area contributed by atoms with Gasteiger partial charge in [0.1, 0.15) is 0 Å². The molecule has 4 rings (SSSR count). The van der Waals surface area contributed by atoms with E-state index in [0.717, 1.165) is 33.3 Å². The number of carbonyl (C=O) groups excluding carboxylic acids is 1. The first-order valence-electron chi connectivity index (χ1n) is 6.78. The lowest BCUT2D eigenvalue weighted by atomic mass is 10.0. The molecule has 0 unspecified atom stereocenters. The van der Waals surface area contributed by atoms with Crippen LogP contribution in [0.5, 0.6) is 0 Å². The van der Waals surface area contributed by atoms with Gasteiger partial charge in [-0.2, -0.15) is 5.10 Å². The van der Waals surface area contributed by atoms with Gasteiger partial charge in [0.2, 0.25) is 0 Å². The van der Waals surface area contributed by atoms with Crippen LogP contribution in [-0.4, -0.2) is 16.1 Å². The number of hydrogen-bond acceptors (Lipinski definition) is 2. The number of benzene rings is 2. The van der Waals surface area contributed by atoms with E-state index in [2.05, 4.69) is 15.5 Å². The molecule has 0 saturated heterocycles. The lowest BCUT2D eigenvalue weighted by molar-refractivity contribution is -0.110. The topological polar surface area (TPSA) is 57.8 Å². The molecule has 2 heterocycles. The number of amides is 1. The molecule has 2 N–H and O–H groups in total. The molecule has 4 nitrogen and oxygen atoms in total. The molecule has 0 aliphatic carbocycles. The van der Waals surface area contributed by atoms with Crippen LogP contribution in [0.3, 0.4) is 0 Å². The fraction of sp³-hybridized carbons (Fsp3) is 0.0588. The summed E-state index contributed by atoms with van der Waals surface area (Å²) >= 11 is 0. The smallest absolute Gasteiger partial charge is 0.256 e. The Morgan fingerprint density at radius 2 is 2.05 bits per heavy atom. The van der Waals surface area contributed by atoms with Crippen molar-refractivity contribution < 1.29 is 4.79 Å². The Morgan fingerprint density at radius 1 is 1.14 bits per heavy atom. The van der Waals surface area contributed by atoms with Crippen molar-refractivity contribution in [1.82, 2.24) is 10.2 Å². The highest BCUT2D eigenvalue weighted by molar-refractivity contribution is 6.35. The molecular formula is C17H13N3O. The second kappa shape index (κ2) is 4.31. The van der Waals surface area contributed by atoms with Gasteiger partial charge in [0.25, 0.3) is 5.91 Å². The Hall–Kier alpha value is -2.88. The van der Waals surface area contributed by atoms with E-state index in [9.17, 15) is 4.79 Å². The van der Waals surface area contributed by atoms with Crippen LogP contribution in [0.4, 0.5) is 5.69 Å². The summed E-state index contributed by atoms with van der Waals surface area (Å²) in [5.41, 5.74) is 5.62. The van der Waals surface area contributed by atoms with Crippen molar-refractivity contribution in [1.29, 1.82) is 0 Å². The zero-order chi connectivity index (χ0) is 14.4. The van der Waals surface area contributed by atoms with E-state index in [1.165, 1.54) is 0 Å². The Kier molecular flexibility index (Phi) is 2.44. The van der Waals surface area contributed by atoms with Crippen LogP contribution < -0.4 is 5.32 Å². The van der Waals surface area contributed by atoms with E-state index < -0.39 is 0 Å². The van der Waals surface area contributed by atoms with Crippen molar-refractivity contribution in [3.8, 4) is 0 Å². The molecule has 4 heteroatoms. The summed E-state index contributed by atoms with van der Waals surface area (Å²) in [7, 11) is 0. The van der Waals surface area contributed by atoms with Gasteiger partial charge in [-0.3, -0.25) is 9.89 Å². The second-order valence-corrected chi connectivity index (χ2v) is 5.28. The third kappa shape index (κ3) is 1.92. The summed E-state index contributed by atoms with van der Waals surface area (Å²) in [6.45, 7) is 2.03. The van der Waals surface area contributed by atoms with Crippen LogP contribution in [0, 0.1) is 6.92 Å². The van der Waals surface area contributed by atoms with Crippen LogP contribution in [0.1, 0.15) is 16.7 Å². The van der Waals surface area contributed by atoms with E-state index in [1.807, 2.05) is 49.4 Å². The maximum Gasteiger partial charge on any atom is 0.256 e. The molecule has 3 aromatic rings. The Balaban J connectivity index is 1.85. The fourth-order valence-electron chi connectivity index (χ4n) is 2.66. The lowest BCUT2D eigenvalue weighted by Gasteiger charge is -2.00. The quantitative estimate of drug-likeness (QED) is 0.669. The van der Waals surface area contributed by atoms with Crippen LogP contribution in [0.25, 0.3) is 22.6 Å². The molecule has 0 saturated carbocycles. The first kappa shape index (κ1) is 11.9. The second-order valence-electron chi connectivity index (χ2n) is 5.28. The highest BCUT2D eigenvalue weighted by Crippen LogP contribution is 2.33. The van der Waals surface area contributed by atoms with E-state index in [0.29, 0.717) is 5.57 Å². The maximum absolute atomic E-state index is 12.2. The molecule has 0 bridgehead atoms. The van der Waals surface area contributed by atoms with Gasteiger partial charge in [0.15, 0.2) is 0 Å². The number of aromatic nitrogens is 2. The molecule has 1 amide bonds. The van der Waals surface area contributed by atoms with E-state index in [4.69, 9.17) is 0 Å². The van der Waals surface area contributed by atoms with Crippen LogP contribution in [0.15, 0.2) is 42.6 Å². The third-order valence-corrected chi connectivity index (χ3v) is 3.74. The molecule has 0 fully saturated rings. The number of hydrogen-bond donors (Lipinski definition) is 2. The van der Waals surface area contributed by atoms with Gasteiger partial charge in [0.05, 0.1) is 11.7 Å². The van der Waals surface area contributed by atoms with Crippen molar-refractivity contribution in [3.05, 3.63) is 59.3 Å². The van der Waals surface area contributed by atoms with E-state index in [1.54, 1.807) is 6.20 Å². The Morgan fingerprint density at radius 3 is 2.95 bits per heavy atom. The molecule has 102 valence electrons. The number of anilines is 1. The molecule has 1 aromatic heterocycles. The van der Waals surface area contributed by atoms with Crippen molar-refractivity contribution in [2.75, 3.05) is 5.32 Å². The minimum atomic E-state index is -0.0553. The van der Waals surface area contributed by atoms with Gasteiger partial charge in [-0.1, -0.05) is 23.8 Å². The van der Waals surface area contributed by atoms with Gasteiger partial charge in [-0.05, 0) is 36.8 Å². The summed E-state index contributed by atoms with van der Waals surface area (Å²) in [5.74, 6) is -0.0553. The standard InChI is InChI=1S/C17H13N3O/c1-10-2-5-15-13(6-10)14(17(21)19-15)7-11-3-4-12-9-18-20-16(12)8-11/h2-9H,1H3,(H,18,20)(H,19,21). The van der Waals surface area contributed by atoms with Gasteiger partial charge in [-0.15, -0.1) is 0 Å². The minimum Gasteiger partial charge on any atom is -0.321 e. The van der Waals surface area contributed by atoms with Gasteiger partial charge < -0.3 is 5.32 Å². The normalized spacial score (nSPS) is 15.5. The summed E-state index contributed by atoms with van der Waals surface area (Å²) in [6.07, 6.45) is 3.70. The predicted octanol–water partition coefficient (Wildman–Crippen LogP) is 3.36. The monoisotopic (exact) mass is 275 g/mol. The molecule has 0 radical (unpaired) electrons. The molecule has 21 heavy (non-hydrogen) atoms. The molecule has 0 atom stereocenters. The molecule has 1 aliphatic rings. The number of fused-ring (bicyclic) bond motifs is 2. The maximum atomic E-state index is 12.2. The lowest BCUT2D eigenvalue weighted by Crippen LogP contribution is -2.03. The van der Waals surface area contributed by atoms with E-state index in [-0.39, 0.29) is 5.91 Å². The van der Waals surface area contributed by atoms with Crippen molar-refractivity contribution in [2.24, 2.45) is 0 Å². The number of H-pyrrole nitrogens is 1. The zero-order valence-electron chi connectivity index (χ0n) is 11.5. The molecular weight excluding hydrogens is 262 g/mol. The Bertz CT molecular complexity index is 905. The average Bonchev–Trinajstić information content (AvgIpc) is 3.04. The molecule has 0 spiro atoms. The number of aryl methyl sites for hydroxylation is 1. The van der Waals surface area contributed by atoms with E-state index >= 15 is 0 Å². The summed E-state index contributed by atoms with van der Waals surface area (Å²) in [6, 6.07) is 12.0. The molecule has 1 aliphatic heterocycles. The minimum absolute atomic E-state index is 0.0553. The average molecular weight is 275 g/mol. The first-order chi connectivity index (χ1) is 10.2. The van der Waals surface area contributed by atoms with Crippen molar-refractivity contribution in [2.45, 2.75) is 6.92 Å². The largest absolute Gasteiger partial charge is 0.321 e. The zero-order valence-corrected chi connectivity index (χ0v) is 11.5. The third-order valence-electron chi connectivity index (χ3n) is 3.74. The summed E-state index contributed by atoms with van der Waals surface area (Å²) in [4.78, 5) is 12.2. The van der Waals surface area contributed by atoms with Crippen LogP contribution in [0.2, 0.25) is 0 Å². The van der Waals surface area contributed by atoms with Gasteiger partial charge in [-0.25, -0.2) is 0 Å². The SMILES string of the molecule is Cc1ccc2c(c1)C(=Cc1ccc3cn[nH]c3c1)C(=O)N2. The van der Waals surface area contributed by atoms with Crippen LogP contribution in [-0.2, 0) is 4.79 Å². The highest BCUT2D eigenvalue weighted by Gasteiger charge is 2.23. The fourth-order valence-corrected chi connectivity index (χ4v) is 2.66.